The molecule has 0 aliphatic rings. The van der Waals surface area contributed by atoms with Crippen molar-refractivity contribution in [3.8, 4) is 11.5 Å². The van der Waals surface area contributed by atoms with Crippen molar-refractivity contribution < 1.29 is 9.47 Å². The Labute approximate surface area is 113 Å². The molecule has 0 spiro atoms. The van der Waals surface area contributed by atoms with E-state index in [0.717, 1.165) is 11.1 Å². The van der Waals surface area contributed by atoms with Gasteiger partial charge in [0.15, 0.2) is 11.5 Å². The fourth-order valence-corrected chi connectivity index (χ4v) is 1.86. The Morgan fingerprint density at radius 2 is 1.89 bits per heavy atom. The summed E-state index contributed by atoms with van der Waals surface area (Å²) in [6.45, 7) is 2.40. The second-order valence-corrected chi connectivity index (χ2v) is 4.28. The minimum Gasteiger partial charge on any atom is -0.493 e. The molecule has 2 N–H and O–H groups in total. The minimum atomic E-state index is -0.209. The molecule has 2 aromatic rings. The number of ether oxygens (including phenoxy) is 2. The van der Waals surface area contributed by atoms with Gasteiger partial charge in [0.1, 0.15) is 6.10 Å². The van der Waals surface area contributed by atoms with Crippen LogP contribution in [0.5, 0.6) is 11.5 Å². The predicted molar refractivity (Wildman–Crippen MR) is 74.4 cm³/mol. The molecule has 1 aromatic carbocycles. The van der Waals surface area contributed by atoms with Gasteiger partial charge in [-0.25, -0.2) is 0 Å². The van der Waals surface area contributed by atoms with Gasteiger partial charge in [0.05, 0.1) is 7.11 Å². The number of nitrogens with zero attached hydrogens (tertiary/aromatic N) is 1. The van der Waals surface area contributed by atoms with Gasteiger partial charge in [-0.1, -0.05) is 6.07 Å². The minimum absolute atomic E-state index is 0.209. The predicted octanol–water partition coefficient (Wildman–Crippen LogP) is 2.48. The van der Waals surface area contributed by atoms with Crippen molar-refractivity contribution in [3.63, 3.8) is 0 Å². The Morgan fingerprint density at radius 3 is 2.53 bits per heavy atom. The summed E-state index contributed by atoms with van der Waals surface area (Å²) >= 11 is 0. The molecule has 2 rings (SSSR count). The second-order valence-electron chi connectivity index (χ2n) is 4.28. The van der Waals surface area contributed by atoms with Crippen LogP contribution < -0.4 is 15.2 Å². The van der Waals surface area contributed by atoms with Gasteiger partial charge in [0.25, 0.3) is 0 Å². The third-order valence-electron chi connectivity index (χ3n) is 2.88. The molecule has 4 heteroatoms. The van der Waals surface area contributed by atoms with Gasteiger partial charge < -0.3 is 15.2 Å². The van der Waals surface area contributed by atoms with E-state index < -0.39 is 0 Å². The molecule has 0 radical (unpaired) electrons. The molecule has 1 aromatic heterocycles. The average molecular weight is 258 g/mol. The second kappa shape index (κ2) is 6.20. The zero-order chi connectivity index (χ0) is 13.7. The zero-order valence-corrected chi connectivity index (χ0v) is 11.2. The number of benzene rings is 1. The number of hydrogen-bond donors (Lipinski definition) is 1. The highest BCUT2D eigenvalue weighted by Crippen LogP contribution is 2.31. The van der Waals surface area contributed by atoms with Gasteiger partial charge in [-0.3, -0.25) is 4.98 Å². The Kier molecular flexibility index (Phi) is 4.36. The molecular formula is C15H18N2O2. The number of aryl methyl sites for hydroxylation is 1. The molecule has 1 atom stereocenters. The van der Waals surface area contributed by atoms with Crippen LogP contribution in [0.25, 0.3) is 0 Å². The Hall–Kier alpha value is -2.07. The lowest BCUT2D eigenvalue weighted by molar-refractivity contribution is 0.204. The summed E-state index contributed by atoms with van der Waals surface area (Å²) < 4.78 is 11.3. The maximum Gasteiger partial charge on any atom is 0.162 e. The van der Waals surface area contributed by atoms with Crippen molar-refractivity contribution in [2.24, 2.45) is 5.73 Å². The van der Waals surface area contributed by atoms with Crippen LogP contribution in [0.15, 0.2) is 42.7 Å². The molecule has 1 unspecified atom stereocenters. The number of nitrogens with two attached hydrogens (primary N) is 1. The Bertz CT molecular complexity index is 529. The van der Waals surface area contributed by atoms with Crippen molar-refractivity contribution in [1.82, 2.24) is 4.98 Å². The first-order valence-corrected chi connectivity index (χ1v) is 6.16. The summed E-state index contributed by atoms with van der Waals surface area (Å²) in [5.41, 5.74) is 7.91. The maximum atomic E-state index is 5.95. The first kappa shape index (κ1) is 13.4. The lowest BCUT2D eigenvalue weighted by Crippen LogP contribution is -2.18. The van der Waals surface area contributed by atoms with Crippen molar-refractivity contribution in [2.75, 3.05) is 13.7 Å². The van der Waals surface area contributed by atoms with Gasteiger partial charge in [0, 0.05) is 18.9 Å². The highest BCUT2D eigenvalue weighted by Gasteiger charge is 2.14. The van der Waals surface area contributed by atoms with E-state index in [0.29, 0.717) is 18.0 Å². The molecule has 1 heterocycles. The van der Waals surface area contributed by atoms with E-state index in [1.54, 1.807) is 19.5 Å². The SMILES string of the molecule is COc1cc(C)ccc1OC(CN)c1ccncc1. The van der Waals surface area contributed by atoms with E-state index in [1.807, 2.05) is 37.3 Å². The molecule has 0 fully saturated rings. The molecule has 0 amide bonds. The highest BCUT2D eigenvalue weighted by molar-refractivity contribution is 5.43. The Morgan fingerprint density at radius 1 is 1.16 bits per heavy atom. The van der Waals surface area contributed by atoms with Gasteiger partial charge in [-0.05, 0) is 42.3 Å². The largest absolute Gasteiger partial charge is 0.493 e. The summed E-state index contributed by atoms with van der Waals surface area (Å²) in [6, 6.07) is 9.63. The molecule has 0 bridgehead atoms. The number of hydrogen-bond acceptors (Lipinski definition) is 4. The van der Waals surface area contributed by atoms with Crippen molar-refractivity contribution >= 4 is 0 Å². The first-order chi connectivity index (χ1) is 9.24. The molecule has 4 nitrogen and oxygen atoms in total. The van der Waals surface area contributed by atoms with E-state index in [2.05, 4.69) is 4.98 Å². The quantitative estimate of drug-likeness (QED) is 0.895. The third-order valence-corrected chi connectivity index (χ3v) is 2.88. The maximum absolute atomic E-state index is 5.95. The topological polar surface area (TPSA) is 57.4 Å². The average Bonchev–Trinajstić information content (AvgIpc) is 2.46. The number of rotatable bonds is 5. The molecule has 0 saturated heterocycles. The van der Waals surface area contributed by atoms with Gasteiger partial charge in [-0.2, -0.15) is 0 Å². The van der Waals surface area contributed by atoms with Crippen molar-refractivity contribution in [1.29, 1.82) is 0 Å². The van der Waals surface area contributed by atoms with E-state index in [4.69, 9.17) is 15.2 Å². The molecule has 19 heavy (non-hydrogen) atoms. The van der Waals surface area contributed by atoms with Crippen LogP contribution >= 0.6 is 0 Å². The molecule has 0 aliphatic carbocycles. The van der Waals surface area contributed by atoms with Crippen LogP contribution in [-0.4, -0.2) is 18.6 Å². The Balaban J connectivity index is 2.24. The fourth-order valence-electron chi connectivity index (χ4n) is 1.86. The van der Waals surface area contributed by atoms with Gasteiger partial charge in [0.2, 0.25) is 0 Å². The number of pyridine rings is 1. The van der Waals surface area contributed by atoms with Crippen LogP contribution in [0.2, 0.25) is 0 Å². The summed E-state index contributed by atoms with van der Waals surface area (Å²) in [5.74, 6) is 1.41. The lowest BCUT2D eigenvalue weighted by atomic mass is 10.1. The molecule has 0 saturated carbocycles. The zero-order valence-electron chi connectivity index (χ0n) is 11.2. The van der Waals surface area contributed by atoms with Crippen LogP contribution in [-0.2, 0) is 0 Å². The van der Waals surface area contributed by atoms with E-state index in [9.17, 15) is 0 Å². The molecular weight excluding hydrogens is 240 g/mol. The number of methoxy groups -OCH3 is 1. The van der Waals surface area contributed by atoms with E-state index >= 15 is 0 Å². The van der Waals surface area contributed by atoms with Crippen molar-refractivity contribution in [2.45, 2.75) is 13.0 Å². The van der Waals surface area contributed by atoms with E-state index in [-0.39, 0.29) is 6.10 Å². The summed E-state index contributed by atoms with van der Waals surface area (Å²) in [4.78, 5) is 3.99. The number of aromatic nitrogens is 1. The lowest BCUT2D eigenvalue weighted by Gasteiger charge is -2.19. The van der Waals surface area contributed by atoms with Crippen LogP contribution in [0.1, 0.15) is 17.2 Å². The normalized spacial score (nSPS) is 11.9. The van der Waals surface area contributed by atoms with Crippen LogP contribution in [0.4, 0.5) is 0 Å². The smallest absolute Gasteiger partial charge is 0.162 e. The van der Waals surface area contributed by atoms with Crippen molar-refractivity contribution in [3.05, 3.63) is 53.9 Å². The summed E-state index contributed by atoms with van der Waals surface area (Å²) in [5, 5.41) is 0. The summed E-state index contributed by atoms with van der Waals surface area (Å²) in [7, 11) is 1.63. The monoisotopic (exact) mass is 258 g/mol. The molecule has 0 aliphatic heterocycles. The first-order valence-electron chi connectivity index (χ1n) is 6.16. The summed E-state index contributed by atoms with van der Waals surface area (Å²) in [6.07, 6.45) is 3.25. The third kappa shape index (κ3) is 3.23. The van der Waals surface area contributed by atoms with Crippen LogP contribution in [0.3, 0.4) is 0 Å². The van der Waals surface area contributed by atoms with Crippen LogP contribution in [0, 0.1) is 6.92 Å². The molecule has 100 valence electrons. The van der Waals surface area contributed by atoms with E-state index in [1.165, 1.54) is 0 Å². The highest BCUT2D eigenvalue weighted by atomic mass is 16.5. The fraction of sp³-hybridized carbons (Fsp3) is 0.267. The standard InChI is InChI=1S/C15H18N2O2/c1-11-3-4-13(14(9-11)18-2)19-15(10-16)12-5-7-17-8-6-12/h3-9,15H,10,16H2,1-2H3. The van der Waals surface area contributed by atoms with Gasteiger partial charge in [-0.15, -0.1) is 0 Å². The van der Waals surface area contributed by atoms with Gasteiger partial charge >= 0.3 is 0 Å².